The lowest BCUT2D eigenvalue weighted by Gasteiger charge is -2.33. The Labute approximate surface area is 78.9 Å². The Morgan fingerprint density at radius 3 is 2.85 bits per heavy atom. The van der Waals surface area contributed by atoms with Crippen LogP contribution in [0.3, 0.4) is 0 Å². The molecule has 0 atom stereocenters. The molecule has 0 aliphatic carbocycles. The Morgan fingerprint density at radius 1 is 1.54 bits per heavy atom. The van der Waals surface area contributed by atoms with E-state index in [9.17, 15) is 0 Å². The number of pyridine rings is 1. The summed E-state index contributed by atoms with van der Waals surface area (Å²) in [6.07, 6.45) is 3.13. The second kappa shape index (κ2) is 3.21. The van der Waals surface area contributed by atoms with Crippen molar-refractivity contribution in [1.82, 2.24) is 4.98 Å². The Kier molecular flexibility index (Phi) is 2.05. The summed E-state index contributed by atoms with van der Waals surface area (Å²) in [6, 6.07) is 4.05. The standard InChI is InChI=1S/C11H14N2/c1-9(2)10-5-3-6-12-11(10)13-7-4-8-13/h3,5-6H,1,4,7-8H2,2H3. The number of rotatable bonds is 2. The summed E-state index contributed by atoms with van der Waals surface area (Å²) in [6.45, 7) is 8.26. The summed E-state index contributed by atoms with van der Waals surface area (Å²) in [4.78, 5) is 6.68. The van der Waals surface area contributed by atoms with Crippen LogP contribution >= 0.6 is 0 Å². The zero-order chi connectivity index (χ0) is 9.26. The van der Waals surface area contributed by atoms with Crippen LogP contribution in [0.15, 0.2) is 24.9 Å². The normalized spacial score (nSPS) is 15.3. The Hall–Kier alpha value is -1.31. The lowest BCUT2D eigenvalue weighted by atomic mass is 10.1. The zero-order valence-electron chi connectivity index (χ0n) is 7.95. The fourth-order valence-corrected chi connectivity index (χ4v) is 1.51. The highest BCUT2D eigenvalue weighted by Crippen LogP contribution is 2.26. The van der Waals surface area contributed by atoms with E-state index < -0.39 is 0 Å². The molecule has 1 aromatic rings. The second-order valence-corrected chi connectivity index (χ2v) is 3.50. The number of nitrogens with zero attached hydrogens (tertiary/aromatic N) is 2. The highest BCUT2D eigenvalue weighted by molar-refractivity contribution is 5.72. The number of hydrogen-bond donors (Lipinski definition) is 0. The van der Waals surface area contributed by atoms with Crippen LogP contribution in [-0.2, 0) is 0 Å². The first-order valence-electron chi connectivity index (χ1n) is 4.65. The van der Waals surface area contributed by atoms with E-state index in [0.29, 0.717) is 0 Å². The molecule has 2 rings (SSSR count). The molecule has 0 bridgehead atoms. The summed E-state index contributed by atoms with van der Waals surface area (Å²) in [5.74, 6) is 1.10. The first kappa shape index (κ1) is 8.30. The third-order valence-electron chi connectivity index (χ3n) is 2.40. The van der Waals surface area contributed by atoms with Crippen LogP contribution in [0.1, 0.15) is 18.9 Å². The topological polar surface area (TPSA) is 16.1 Å². The predicted octanol–water partition coefficient (Wildman–Crippen LogP) is 2.32. The zero-order valence-corrected chi connectivity index (χ0v) is 7.95. The summed E-state index contributed by atoms with van der Waals surface area (Å²) >= 11 is 0. The Bertz CT molecular complexity index is 327. The van der Waals surface area contributed by atoms with E-state index in [0.717, 1.165) is 24.5 Å². The third-order valence-corrected chi connectivity index (χ3v) is 2.40. The highest BCUT2D eigenvalue weighted by atomic mass is 15.2. The molecular weight excluding hydrogens is 160 g/mol. The van der Waals surface area contributed by atoms with E-state index in [1.54, 1.807) is 0 Å². The Morgan fingerprint density at radius 2 is 2.31 bits per heavy atom. The van der Waals surface area contributed by atoms with Gasteiger partial charge < -0.3 is 4.90 Å². The van der Waals surface area contributed by atoms with Gasteiger partial charge in [-0.05, 0) is 31.1 Å². The molecule has 1 aliphatic rings. The van der Waals surface area contributed by atoms with Crippen molar-refractivity contribution in [2.24, 2.45) is 0 Å². The van der Waals surface area contributed by atoms with Crippen LogP contribution < -0.4 is 4.90 Å². The van der Waals surface area contributed by atoms with Gasteiger partial charge in [0, 0.05) is 24.8 Å². The van der Waals surface area contributed by atoms with Gasteiger partial charge in [-0.15, -0.1) is 0 Å². The average Bonchev–Trinajstić information content (AvgIpc) is 2.02. The molecule has 0 aromatic carbocycles. The van der Waals surface area contributed by atoms with Crippen LogP contribution in [0.5, 0.6) is 0 Å². The smallest absolute Gasteiger partial charge is 0.136 e. The SMILES string of the molecule is C=C(C)c1cccnc1N1CCC1. The maximum atomic E-state index is 4.39. The summed E-state index contributed by atoms with van der Waals surface area (Å²) < 4.78 is 0. The van der Waals surface area contributed by atoms with Gasteiger partial charge in [0.2, 0.25) is 0 Å². The number of aromatic nitrogens is 1. The Balaban J connectivity index is 2.36. The van der Waals surface area contributed by atoms with Crippen molar-refractivity contribution >= 4 is 11.4 Å². The summed E-state index contributed by atoms with van der Waals surface area (Å²) in [7, 11) is 0. The molecule has 0 saturated carbocycles. The van der Waals surface area contributed by atoms with E-state index in [1.807, 2.05) is 19.2 Å². The number of allylic oxidation sites excluding steroid dienone is 1. The molecular formula is C11H14N2. The van der Waals surface area contributed by atoms with Crippen molar-refractivity contribution in [1.29, 1.82) is 0 Å². The molecule has 0 unspecified atom stereocenters. The molecule has 0 radical (unpaired) electrons. The first-order chi connectivity index (χ1) is 6.29. The molecule has 1 saturated heterocycles. The minimum atomic E-state index is 1.09. The van der Waals surface area contributed by atoms with Gasteiger partial charge in [0.15, 0.2) is 0 Å². The second-order valence-electron chi connectivity index (χ2n) is 3.50. The van der Waals surface area contributed by atoms with Gasteiger partial charge in [-0.3, -0.25) is 0 Å². The molecule has 0 N–H and O–H groups in total. The fourth-order valence-electron chi connectivity index (χ4n) is 1.51. The van der Waals surface area contributed by atoms with Crippen molar-refractivity contribution in [2.45, 2.75) is 13.3 Å². The third kappa shape index (κ3) is 1.44. The van der Waals surface area contributed by atoms with Gasteiger partial charge in [-0.25, -0.2) is 4.98 Å². The molecule has 0 amide bonds. The maximum Gasteiger partial charge on any atom is 0.136 e. The predicted molar refractivity (Wildman–Crippen MR) is 55.8 cm³/mol. The largest absolute Gasteiger partial charge is 0.356 e. The van der Waals surface area contributed by atoms with E-state index in [4.69, 9.17) is 0 Å². The van der Waals surface area contributed by atoms with E-state index >= 15 is 0 Å². The molecule has 1 fully saturated rings. The van der Waals surface area contributed by atoms with Gasteiger partial charge in [0.25, 0.3) is 0 Å². The van der Waals surface area contributed by atoms with E-state index in [2.05, 4.69) is 22.5 Å². The number of anilines is 1. The monoisotopic (exact) mass is 174 g/mol. The minimum absolute atomic E-state index is 1.09. The van der Waals surface area contributed by atoms with Crippen LogP contribution in [0.4, 0.5) is 5.82 Å². The molecule has 68 valence electrons. The molecule has 1 aromatic heterocycles. The lowest BCUT2D eigenvalue weighted by molar-refractivity contribution is 0.609. The summed E-state index contributed by atoms with van der Waals surface area (Å²) in [5.41, 5.74) is 2.28. The first-order valence-corrected chi connectivity index (χ1v) is 4.65. The van der Waals surface area contributed by atoms with Gasteiger partial charge in [-0.1, -0.05) is 6.58 Å². The van der Waals surface area contributed by atoms with Crippen molar-refractivity contribution < 1.29 is 0 Å². The van der Waals surface area contributed by atoms with Gasteiger partial charge in [0.05, 0.1) is 0 Å². The molecule has 2 heteroatoms. The van der Waals surface area contributed by atoms with Crippen LogP contribution in [0, 0.1) is 0 Å². The van der Waals surface area contributed by atoms with Gasteiger partial charge in [-0.2, -0.15) is 0 Å². The molecule has 2 heterocycles. The van der Waals surface area contributed by atoms with Crippen molar-refractivity contribution in [2.75, 3.05) is 18.0 Å². The lowest BCUT2D eigenvalue weighted by Crippen LogP contribution is -2.38. The quantitative estimate of drug-likeness (QED) is 0.684. The maximum absolute atomic E-state index is 4.39. The molecule has 0 spiro atoms. The van der Waals surface area contributed by atoms with Gasteiger partial charge in [0.1, 0.15) is 5.82 Å². The minimum Gasteiger partial charge on any atom is -0.356 e. The van der Waals surface area contributed by atoms with E-state index in [-0.39, 0.29) is 0 Å². The van der Waals surface area contributed by atoms with Crippen molar-refractivity contribution in [3.8, 4) is 0 Å². The van der Waals surface area contributed by atoms with Gasteiger partial charge >= 0.3 is 0 Å². The molecule has 2 nitrogen and oxygen atoms in total. The van der Waals surface area contributed by atoms with Crippen LogP contribution in [0.25, 0.3) is 5.57 Å². The van der Waals surface area contributed by atoms with Crippen molar-refractivity contribution in [3.63, 3.8) is 0 Å². The van der Waals surface area contributed by atoms with Crippen LogP contribution in [0.2, 0.25) is 0 Å². The van der Waals surface area contributed by atoms with E-state index in [1.165, 1.54) is 12.0 Å². The molecule has 1 aliphatic heterocycles. The number of hydrogen-bond acceptors (Lipinski definition) is 2. The summed E-state index contributed by atoms with van der Waals surface area (Å²) in [5, 5.41) is 0. The van der Waals surface area contributed by atoms with Crippen molar-refractivity contribution in [3.05, 3.63) is 30.5 Å². The molecule has 13 heavy (non-hydrogen) atoms. The average molecular weight is 174 g/mol. The van der Waals surface area contributed by atoms with Crippen LogP contribution in [-0.4, -0.2) is 18.1 Å². The highest BCUT2D eigenvalue weighted by Gasteiger charge is 2.18. The fraction of sp³-hybridized carbons (Fsp3) is 0.364.